The summed E-state index contributed by atoms with van der Waals surface area (Å²) in [5.41, 5.74) is -0.986. The summed E-state index contributed by atoms with van der Waals surface area (Å²) in [6, 6.07) is 4.91. The summed E-state index contributed by atoms with van der Waals surface area (Å²) in [7, 11) is 0. The first-order valence-corrected chi connectivity index (χ1v) is 4.89. The second-order valence-electron chi connectivity index (χ2n) is 3.61. The Morgan fingerprint density at radius 2 is 1.72 bits per heavy atom. The predicted molar refractivity (Wildman–Crippen MR) is 55.6 cm³/mol. The Balaban J connectivity index is 3.03. The molecular weight excluding hydrogens is 247 g/mol. The molecule has 0 aliphatic rings. The van der Waals surface area contributed by atoms with Gasteiger partial charge >= 0.3 is 6.18 Å². The Morgan fingerprint density at radius 1 is 1.22 bits per heavy atom. The topological polar surface area (TPSA) is 57.9 Å². The quantitative estimate of drug-likeness (QED) is 0.616. The van der Waals surface area contributed by atoms with Gasteiger partial charge in [-0.05, 0) is 19.1 Å². The van der Waals surface area contributed by atoms with E-state index < -0.39 is 29.2 Å². The fraction of sp³-hybridized carbons (Fsp3) is 0.250. The minimum Gasteiger partial charge on any atom is -0.298 e. The minimum absolute atomic E-state index is 0.0928. The summed E-state index contributed by atoms with van der Waals surface area (Å²) in [5.74, 6) is -2.90. The Kier molecular flexibility index (Phi) is 3.86. The van der Waals surface area contributed by atoms with E-state index in [0.717, 1.165) is 31.2 Å². The van der Waals surface area contributed by atoms with Gasteiger partial charge in [0, 0.05) is 5.56 Å². The molecule has 0 aliphatic carbocycles. The van der Waals surface area contributed by atoms with Crippen LogP contribution in [0.25, 0.3) is 0 Å². The lowest BCUT2D eigenvalue weighted by atomic mass is 9.95. The number of hydrogen-bond acceptors (Lipinski definition) is 3. The lowest BCUT2D eigenvalue weighted by molar-refractivity contribution is -0.137. The number of ketones is 2. The van der Waals surface area contributed by atoms with E-state index in [-0.39, 0.29) is 5.56 Å². The molecule has 0 spiro atoms. The van der Waals surface area contributed by atoms with Crippen molar-refractivity contribution >= 4 is 11.6 Å². The first-order valence-electron chi connectivity index (χ1n) is 4.89. The van der Waals surface area contributed by atoms with Crippen LogP contribution in [0.3, 0.4) is 0 Å². The highest BCUT2D eigenvalue weighted by Gasteiger charge is 2.31. The molecule has 0 bridgehead atoms. The molecule has 0 aromatic heterocycles. The average Bonchev–Trinajstić information content (AvgIpc) is 2.28. The molecule has 0 saturated carbocycles. The molecule has 6 heteroatoms. The van der Waals surface area contributed by atoms with E-state index in [9.17, 15) is 22.8 Å². The number of nitrogens with zero attached hydrogens (tertiary/aromatic N) is 1. The van der Waals surface area contributed by atoms with Crippen LogP contribution in [-0.4, -0.2) is 11.6 Å². The number of benzene rings is 1. The molecule has 0 N–H and O–H groups in total. The minimum atomic E-state index is -4.49. The first kappa shape index (κ1) is 13.9. The van der Waals surface area contributed by atoms with Crippen LogP contribution in [0.1, 0.15) is 22.8 Å². The molecule has 1 aromatic carbocycles. The number of carbonyl (C=O) groups excluding carboxylic acids is 2. The normalized spacial score (nSPS) is 12.6. The van der Waals surface area contributed by atoms with Gasteiger partial charge in [-0.1, -0.05) is 12.1 Å². The van der Waals surface area contributed by atoms with Crippen LogP contribution in [0, 0.1) is 17.2 Å². The van der Waals surface area contributed by atoms with Gasteiger partial charge in [0.25, 0.3) is 0 Å². The second-order valence-corrected chi connectivity index (χ2v) is 3.61. The van der Waals surface area contributed by atoms with Crippen molar-refractivity contribution in [2.45, 2.75) is 13.1 Å². The van der Waals surface area contributed by atoms with Crippen molar-refractivity contribution < 1.29 is 22.8 Å². The van der Waals surface area contributed by atoms with Crippen molar-refractivity contribution in [1.82, 2.24) is 0 Å². The third-order valence-electron chi connectivity index (χ3n) is 2.29. The van der Waals surface area contributed by atoms with Gasteiger partial charge in [-0.2, -0.15) is 18.4 Å². The van der Waals surface area contributed by atoms with E-state index in [1.165, 1.54) is 6.07 Å². The number of alkyl halides is 3. The molecule has 1 rings (SSSR count). The molecule has 3 nitrogen and oxygen atoms in total. The number of hydrogen-bond donors (Lipinski definition) is 0. The van der Waals surface area contributed by atoms with Crippen LogP contribution in [0.5, 0.6) is 0 Å². The van der Waals surface area contributed by atoms with E-state index in [0.29, 0.717) is 0 Å². The van der Waals surface area contributed by atoms with E-state index in [2.05, 4.69) is 0 Å². The maximum absolute atomic E-state index is 12.3. The van der Waals surface area contributed by atoms with Gasteiger partial charge in [0.2, 0.25) is 0 Å². The maximum atomic E-state index is 12.3. The van der Waals surface area contributed by atoms with Gasteiger partial charge in [0.1, 0.15) is 0 Å². The highest BCUT2D eigenvalue weighted by Crippen LogP contribution is 2.29. The average molecular weight is 255 g/mol. The van der Waals surface area contributed by atoms with Crippen molar-refractivity contribution in [2.75, 3.05) is 0 Å². The van der Waals surface area contributed by atoms with Gasteiger partial charge in [0.05, 0.1) is 11.6 Å². The summed E-state index contributed by atoms with van der Waals surface area (Å²) in [6.45, 7) is 1.08. The summed E-state index contributed by atoms with van der Waals surface area (Å²) in [6.07, 6.45) is -4.49. The van der Waals surface area contributed by atoms with Crippen LogP contribution >= 0.6 is 0 Å². The van der Waals surface area contributed by atoms with Crippen molar-refractivity contribution in [3.05, 3.63) is 35.4 Å². The number of nitriles is 1. The number of carbonyl (C=O) groups is 2. The van der Waals surface area contributed by atoms with Gasteiger partial charge in [0.15, 0.2) is 17.5 Å². The molecule has 1 aromatic rings. The molecule has 0 radical (unpaired) electrons. The maximum Gasteiger partial charge on any atom is 0.416 e. The Morgan fingerprint density at radius 3 is 2.06 bits per heavy atom. The zero-order chi connectivity index (χ0) is 13.9. The summed E-state index contributed by atoms with van der Waals surface area (Å²) in [5, 5.41) is 8.64. The van der Waals surface area contributed by atoms with E-state index >= 15 is 0 Å². The van der Waals surface area contributed by atoms with E-state index in [1.807, 2.05) is 0 Å². The highest BCUT2D eigenvalue weighted by molar-refractivity contribution is 6.12. The fourth-order valence-electron chi connectivity index (χ4n) is 1.32. The summed E-state index contributed by atoms with van der Waals surface area (Å²) in [4.78, 5) is 22.6. The lowest BCUT2D eigenvalue weighted by Gasteiger charge is -2.08. The second kappa shape index (κ2) is 5.00. The number of halogens is 3. The van der Waals surface area contributed by atoms with Crippen LogP contribution in [0.15, 0.2) is 24.3 Å². The molecule has 0 fully saturated rings. The zero-order valence-corrected chi connectivity index (χ0v) is 9.28. The predicted octanol–water partition coefficient (Wildman–Crippen LogP) is 2.62. The molecule has 0 aliphatic heterocycles. The van der Waals surface area contributed by atoms with E-state index in [4.69, 9.17) is 5.26 Å². The monoisotopic (exact) mass is 255 g/mol. The molecule has 18 heavy (non-hydrogen) atoms. The number of Topliss-reactive ketones (excluding diaryl/α,β-unsaturated/α-hetero) is 2. The Hall–Kier alpha value is -2.16. The molecule has 1 atom stereocenters. The van der Waals surface area contributed by atoms with Gasteiger partial charge in [-0.3, -0.25) is 9.59 Å². The van der Waals surface area contributed by atoms with Crippen molar-refractivity contribution in [1.29, 1.82) is 5.26 Å². The smallest absolute Gasteiger partial charge is 0.298 e. The standard InChI is InChI=1S/C12H8F3NO2/c1-7(17)10(6-16)11(18)8-2-4-9(5-3-8)12(13,14)15/h2-5,10H,1H3. The van der Waals surface area contributed by atoms with Gasteiger partial charge in [-0.15, -0.1) is 0 Å². The third-order valence-corrected chi connectivity index (χ3v) is 2.29. The van der Waals surface area contributed by atoms with E-state index in [1.54, 1.807) is 0 Å². The molecular formula is C12H8F3NO2. The molecule has 0 heterocycles. The highest BCUT2D eigenvalue weighted by atomic mass is 19.4. The van der Waals surface area contributed by atoms with Crippen LogP contribution < -0.4 is 0 Å². The molecule has 0 saturated heterocycles. The molecule has 0 amide bonds. The Labute approximate surface area is 101 Å². The lowest BCUT2D eigenvalue weighted by Crippen LogP contribution is -2.20. The molecule has 94 valence electrons. The van der Waals surface area contributed by atoms with Gasteiger partial charge < -0.3 is 0 Å². The van der Waals surface area contributed by atoms with Crippen LogP contribution in [-0.2, 0) is 11.0 Å². The zero-order valence-electron chi connectivity index (χ0n) is 9.28. The van der Waals surface area contributed by atoms with Crippen molar-refractivity contribution in [3.63, 3.8) is 0 Å². The number of rotatable bonds is 3. The fourth-order valence-corrected chi connectivity index (χ4v) is 1.32. The van der Waals surface area contributed by atoms with Crippen LogP contribution in [0.4, 0.5) is 13.2 Å². The summed E-state index contributed by atoms with van der Waals surface area (Å²) < 4.78 is 36.8. The largest absolute Gasteiger partial charge is 0.416 e. The van der Waals surface area contributed by atoms with Crippen molar-refractivity contribution in [2.24, 2.45) is 5.92 Å². The molecule has 1 unspecified atom stereocenters. The first-order chi connectivity index (χ1) is 8.27. The van der Waals surface area contributed by atoms with Crippen LogP contribution in [0.2, 0.25) is 0 Å². The summed E-state index contributed by atoms with van der Waals surface area (Å²) >= 11 is 0. The van der Waals surface area contributed by atoms with Gasteiger partial charge in [-0.25, -0.2) is 0 Å². The third kappa shape index (κ3) is 2.94. The Bertz CT molecular complexity index is 512. The van der Waals surface area contributed by atoms with Crippen molar-refractivity contribution in [3.8, 4) is 6.07 Å². The SMILES string of the molecule is CC(=O)C(C#N)C(=O)c1ccc(C(F)(F)F)cc1.